The van der Waals surface area contributed by atoms with E-state index in [1.54, 1.807) is 6.07 Å². The highest BCUT2D eigenvalue weighted by Gasteiger charge is 2.48. The zero-order chi connectivity index (χ0) is 11.9. The molecule has 0 saturated carbocycles. The maximum absolute atomic E-state index is 11.7. The summed E-state index contributed by atoms with van der Waals surface area (Å²) in [7, 11) is 0. The molecule has 0 aromatic heterocycles. The van der Waals surface area contributed by atoms with E-state index < -0.39 is 24.3 Å². The number of benzene rings is 1. The lowest BCUT2D eigenvalue weighted by atomic mass is 10.1. The van der Waals surface area contributed by atoms with Gasteiger partial charge in [-0.05, 0) is 6.07 Å². The summed E-state index contributed by atoms with van der Waals surface area (Å²) in [6, 6.07) is 5.89. The molecule has 1 amide bonds. The van der Waals surface area contributed by atoms with Crippen LogP contribution >= 0.6 is 0 Å². The summed E-state index contributed by atoms with van der Waals surface area (Å²) in [5.41, 5.74) is 0.106. The van der Waals surface area contributed by atoms with E-state index >= 15 is 0 Å². The Bertz CT molecular complexity index is 468. The van der Waals surface area contributed by atoms with E-state index in [2.05, 4.69) is 0 Å². The van der Waals surface area contributed by atoms with Gasteiger partial charge in [-0.2, -0.15) is 0 Å². The van der Waals surface area contributed by atoms with E-state index in [1.165, 1.54) is 18.2 Å². The second-order valence-corrected chi connectivity index (χ2v) is 3.47. The molecule has 0 atom stereocenters. The van der Waals surface area contributed by atoms with Crippen LogP contribution in [0.5, 0.6) is 0 Å². The average Bonchev–Trinajstić information content (AvgIpc) is 2.41. The van der Waals surface area contributed by atoms with Gasteiger partial charge in [-0.15, -0.1) is 0 Å². The SMILES string of the molecule is O=C(O)CN1C(=O)c2ccccc2C1(O)O. The van der Waals surface area contributed by atoms with Gasteiger partial charge in [-0.25, -0.2) is 0 Å². The molecular formula is C10H9NO5. The fourth-order valence-corrected chi connectivity index (χ4v) is 1.71. The molecule has 0 saturated heterocycles. The monoisotopic (exact) mass is 223 g/mol. The summed E-state index contributed by atoms with van der Waals surface area (Å²) >= 11 is 0. The Morgan fingerprint density at radius 3 is 2.50 bits per heavy atom. The molecule has 0 unspecified atom stereocenters. The minimum atomic E-state index is -2.55. The van der Waals surface area contributed by atoms with Crippen LogP contribution in [0.1, 0.15) is 15.9 Å². The summed E-state index contributed by atoms with van der Waals surface area (Å²) in [6.45, 7) is -0.763. The van der Waals surface area contributed by atoms with Crippen molar-refractivity contribution < 1.29 is 24.9 Å². The molecule has 6 heteroatoms. The molecule has 0 bridgehead atoms. The molecule has 3 N–H and O–H groups in total. The Kier molecular flexibility index (Phi) is 2.18. The molecule has 0 radical (unpaired) electrons. The average molecular weight is 223 g/mol. The number of carboxylic acid groups (broad SMARTS) is 1. The minimum Gasteiger partial charge on any atom is -0.480 e. The number of carbonyl (C=O) groups excluding carboxylic acids is 1. The van der Waals surface area contributed by atoms with Crippen molar-refractivity contribution in [2.45, 2.75) is 5.91 Å². The lowest BCUT2D eigenvalue weighted by Gasteiger charge is -2.26. The van der Waals surface area contributed by atoms with Gasteiger partial charge >= 0.3 is 5.97 Å². The third-order valence-electron chi connectivity index (χ3n) is 2.43. The van der Waals surface area contributed by atoms with Crippen LogP contribution in [0.25, 0.3) is 0 Å². The highest BCUT2D eigenvalue weighted by molar-refractivity contribution is 6.00. The van der Waals surface area contributed by atoms with Crippen molar-refractivity contribution in [2.24, 2.45) is 0 Å². The van der Waals surface area contributed by atoms with Gasteiger partial charge in [-0.1, -0.05) is 18.2 Å². The van der Waals surface area contributed by atoms with E-state index in [4.69, 9.17) is 5.11 Å². The molecule has 1 aromatic carbocycles. The first-order valence-electron chi connectivity index (χ1n) is 4.52. The highest BCUT2D eigenvalue weighted by atomic mass is 16.5. The number of hydrogen-bond acceptors (Lipinski definition) is 4. The summed E-state index contributed by atoms with van der Waals surface area (Å²) in [5.74, 6) is -4.57. The number of fused-ring (bicyclic) bond motifs is 1. The van der Waals surface area contributed by atoms with E-state index in [9.17, 15) is 19.8 Å². The summed E-state index contributed by atoms with van der Waals surface area (Å²) in [4.78, 5) is 22.7. The largest absolute Gasteiger partial charge is 0.480 e. The van der Waals surface area contributed by atoms with Gasteiger partial charge < -0.3 is 15.3 Å². The van der Waals surface area contributed by atoms with Crippen LogP contribution in [0.4, 0.5) is 0 Å². The molecule has 1 heterocycles. The van der Waals surface area contributed by atoms with E-state index in [-0.39, 0.29) is 11.1 Å². The first kappa shape index (κ1) is 10.6. The predicted octanol–water partition coefficient (Wildman–Crippen LogP) is -0.678. The Morgan fingerprint density at radius 2 is 1.94 bits per heavy atom. The maximum atomic E-state index is 11.7. The van der Waals surface area contributed by atoms with Crippen LogP contribution in [0.15, 0.2) is 24.3 Å². The number of rotatable bonds is 2. The van der Waals surface area contributed by atoms with Crippen molar-refractivity contribution in [3.8, 4) is 0 Å². The quantitative estimate of drug-likeness (QED) is 0.577. The van der Waals surface area contributed by atoms with Crippen molar-refractivity contribution in [3.05, 3.63) is 35.4 Å². The number of amides is 1. The maximum Gasteiger partial charge on any atom is 0.323 e. The molecule has 6 nitrogen and oxygen atoms in total. The first-order chi connectivity index (χ1) is 7.44. The number of aliphatic hydroxyl groups is 2. The van der Waals surface area contributed by atoms with Crippen molar-refractivity contribution in [3.63, 3.8) is 0 Å². The van der Waals surface area contributed by atoms with Gasteiger partial charge in [0.2, 0.25) is 0 Å². The molecule has 2 rings (SSSR count). The van der Waals surface area contributed by atoms with Crippen LogP contribution in [-0.4, -0.2) is 38.6 Å². The van der Waals surface area contributed by atoms with Gasteiger partial charge in [-0.3, -0.25) is 14.5 Å². The normalized spacial score (nSPS) is 17.4. The van der Waals surface area contributed by atoms with Crippen molar-refractivity contribution in [1.29, 1.82) is 0 Å². The Labute approximate surface area is 90.4 Å². The standard InChI is InChI=1S/C10H9NO5/c12-8(13)5-11-9(14)6-3-1-2-4-7(6)10(11,15)16/h1-4,15-16H,5H2,(H,12,13). The fraction of sp³-hybridized carbons (Fsp3) is 0.200. The summed E-state index contributed by atoms with van der Waals surface area (Å²) in [5, 5.41) is 28.0. The van der Waals surface area contributed by atoms with E-state index in [1.807, 2.05) is 0 Å². The van der Waals surface area contributed by atoms with Gasteiger partial charge in [0.25, 0.3) is 11.8 Å². The summed E-state index contributed by atoms with van der Waals surface area (Å²) in [6.07, 6.45) is 0. The van der Waals surface area contributed by atoms with E-state index in [0.29, 0.717) is 4.90 Å². The topological polar surface area (TPSA) is 98.1 Å². The molecule has 1 aliphatic rings. The Morgan fingerprint density at radius 1 is 1.31 bits per heavy atom. The van der Waals surface area contributed by atoms with Gasteiger partial charge in [0.05, 0.1) is 5.56 Å². The zero-order valence-corrected chi connectivity index (χ0v) is 8.12. The first-order valence-corrected chi connectivity index (χ1v) is 4.52. The van der Waals surface area contributed by atoms with Gasteiger partial charge in [0.15, 0.2) is 0 Å². The lowest BCUT2D eigenvalue weighted by molar-refractivity contribution is -0.249. The van der Waals surface area contributed by atoms with Crippen molar-refractivity contribution in [1.82, 2.24) is 4.90 Å². The molecule has 0 spiro atoms. The minimum absolute atomic E-state index is 0.00116. The smallest absolute Gasteiger partial charge is 0.323 e. The van der Waals surface area contributed by atoms with Crippen LogP contribution < -0.4 is 0 Å². The van der Waals surface area contributed by atoms with Crippen LogP contribution in [0.2, 0.25) is 0 Å². The second kappa shape index (κ2) is 3.29. The number of nitrogens with zero attached hydrogens (tertiary/aromatic N) is 1. The number of carbonyl (C=O) groups is 2. The van der Waals surface area contributed by atoms with Crippen LogP contribution in [0, 0.1) is 0 Å². The van der Waals surface area contributed by atoms with E-state index in [0.717, 1.165) is 0 Å². The van der Waals surface area contributed by atoms with Crippen molar-refractivity contribution in [2.75, 3.05) is 6.54 Å². The van der Waals surface area contributed by atoms with Crippen molar-refractivity contribution >= 4 is 11.9 Å². The third kappa shape index (κ3) is 1.36. The second-order valence-electron chi connectivity index (χ2n) is 3.47. The lowest BCUT2D eigenvalue weighted by Crippen LogP contribution is -2.46. The molecular weight excluding hydrogens is 214 g/mol. The molecule has 0 fully saturated rings. The third-order valence-corrected chi connectivity index (χ3v) is 2.43. The molecule has 84 valence electrons. The molecule has 1 aliphatic heterocycles. The molecule has 1 aromatic rings. The highest BCUT2D eigenvalue weighted by Crippen LogP contribution is 2.34. The Hall–Kier alpha value is -1.92. The van der Waals surface area contributed by atoms with Crippen LogP contribution in [-0.2, 0) is 10.7 Å². The molecule has 16 heavy (non-hydrogen) atoms. The molecule has 0 aliphatic carbocycles. The van der Waals surface area contributed by atoms with Gasteiger partial charge in [0, 0.05) is 5.56 Å². The predicted molar refractivity (Wildman–Crippen MR) is 51.2 cm³/mol. The fourth-order valence-electron chi connectivity index (χ4n) is 1.71. The zero-order valence-electron chi connectivity index (χ0n) is 8.12. The van der Waals surface area contributed by atoms with Gasteiger partial charge in [0.1, 0.15) is 6.54 Å². The number of carboxylic acids is 1. The summed E-state index contributed by atoms with van der Waals surface area (Å²) < 4.78 is 0. The number of aliphatic carboxylic acids is 1. The Balaban J connectivity index is 2.48. The number of hydrogen-bond donors (Lipinski definition) is 3. The van der Waals surface area contributed by atoms with Crippen LogP contribution in [0.3, 0.4) is 0 Å².